The molecule has 4 nitrogen and oxygen atoms in total. The molecule has 7 heteroatoms. The van der Waals surface area contributed by atoms with Crippen LogP contribution in [0.4, 0.5) is 13.2 Å². The van der Waals surface area contributed by atoms with E-state index in [0.29, 0.717) is 12.1 Å². The zero-order valence-corrected chi connectivity index (χ0v) is 9.67. The van der Waals surface area contributed by atoms with E-state index in [0.717, 1.165) is 32.3 Å². The molecule has 17 heavy (non-hydrogen) atoms. The first kappa shape index (κ1) is 16.2. The molecule has 0 aliphatic heterocycles. The minimum absolute atomic E-state index is 0.441. The largest absolute Gasteiger partial charge is 0.490 e. The van der Waals surface area contributed by atoms with Gasteiger partial charge in [-0.15, -0.1) is 0 Å². The molecule has 0 atom stereocenters. The van der Waals surface area contributed by atoms with E-state index in [1.807, 2.05) is 0 Å². The monoisotopic (exact) mass is 257 g/mol. The molecule has 0 aromatic carbocycles. The van der Waals surface area contributed by atoms with Crippen molar-refractivity contribution in [2.75, 3.05) is 6.61 Å². The van der Waals surface area contributed by atoms with Gasteiger partial charge in [0.1, 0.15) is 0 Å². The second-order valence-corrected chi connectivity index (χ2v) is 3.80. The van der Waals surface area contributed by atoms with Crippen molar-refractivity contribution in [1.29, 1.82) is 0 Å². The SMILES string of the molecule is CCO[C@H]1CC[C@H](N)CC1.O=C(O)C(F)(F)F. The summed E-state index contributed by atoms with van der Waals surface area (Å²) < 4.78 is 37.2. The van der Waals surface area contributed by atoms with E-state index in [2.05, 4.69) is 6.92 Å². The lowest BCUT2D eigenvalue weighted by Gasteiger charge is -2.25. The zero-order valence-electron chi connectivity index (χ0n) is 9.67. The van der Waals surface area contributed by atoms with Crippen molar-refractivity contribution >= 4 is 5.97 Å². The van der Waals surface area contributed by atoms with E-state index in [4.69, 9.17) is 20.4 Å². The van der Waals surface area contributed by atoms with Gasteiger partial charge in [0.25, 0.3) is 0 Å². The van der Waals surface area contributed by atoms with Crippen molar-refractivity contribution < 1.29 is 27.8 Å². The lowest BCUT2D eigenvalue weighted by Crippen LogP contribution is -2.30. The Hall–Kier alpha value is -0.820. The molecule has 0 aromatic rings. The number of nitrogens with two attached hydrogens (primary N) is 1. The Kier molecular flexibility index (Phi) is 7.13. The molecule has 1 saturated carbocycles. The average molecular weight is 257 g/mol. The predicted octanol–water partition coefficient (Wildman–Crippen LogP) is 1.93. The molecule has 0 bridgehead atoms. The molecule has 1 rings (SSSR count). The minimum Gasteiger partial charge on any atom is -0.475 e. The Bertz CT molecular complexity index is 225. The van der Waals surface area contributed by atoms with Crippen LogP contribution in [0.15, 0.2) is 0 Å². The van der Waals surface area contributed by atoms with Crippen LogP contribution < -0.4 is 5.73 Å². The van der Waals surface area contributed by atoms with Gasteiger partial charge in [-0.2, -0.15) is 13.2 Å². The number of rotatable bonds is 2. The van der Waals surface area contributed by atoms with E-state index in [9.17, 15) is 13.2 Å². The summed E-state index contributed by atoms with van der Waals surface area (Å²) in [6, 6.07) is 0.441. The zero-order chi connectivity index (χ0) is 13.5. The van der Waals surface area contributed by atoms with Crippen LogP contribution in [-0.4, -0.2) is 36.0 Å². The average Bonchev–Trinajstić information content (AvgIpc) is 2.21. The van der Waals surface area contributed by atoms with E-state index >= 15 is 0 Å². The number of hydrogen-bond acceptors (Lipinski definition) is 3. The molecule has 1 aliphatic rings. The molecule has 0 aromatic heterocycles. The van der Waals surface area contributed by atoms with Crippen molar-refractivity contribution in [3.63, 3.8) is 0 Å². The third kappa shape index (κ3) is 7.98. The summed E-state index contributed by atoms with van der Waals surface area (Å²) in [5.41, 5.74) is 5.74. The molecular formula is C10H18F3NO3. The Labute approximate surface area is 97.9 Å². The summed E-state index contributed by atoms with van der Waals surface area (Å²) in [4.78, 5) is 8.90. The predicted molar refractivity (Wildman–Crippen MR) is 55.5 cm³/mol. The fourth-order valence-electron chi connectivity index (χ4n) is 1.49. The maximum Gasteiger partial charge on any atom is 0.490 e. The normalized spacial score (nSPS) is 24.8. The van der Waals surface area contributed by atoms with Crippen LogP contribution in [0.5, 0.6) is 0 Å². The molecule has 1 fully saturated rings. The van der Waals surface area contributed by atoms with Crippen LogP contribution in [0.1, 0.15) is 32.6 Å². The van der Waals surface area contributed by atoms with Crippen molar-refractivity contribution in [1.82, 2.24) is 0 Å². The standard InChI is InChI=1S/C8H17NO.C2HF3O2/c1-2-10-8-5-3-7(9)4-6-8;3-2(4,5)1(6)7/h7-8H,2-6,9H2,1H3;(H,6,7)/t7-,8-;. The fourth-order valence-corrected chi connectivity index (χ4v) is 1.49. The fraction of sp³-hybridized carbons (Fsp3) is 0.900. The van der Waals surface area contributed by atoms with Gasteiger partial charge in [0.05, 0.1) is 6.10 Å². The Balaban J connectivity index is 0.000000325. The van der Waals surface area contributed by atoms with Crippen LogP contribution in [0.3, 0.4) is 0 Å². The maximum absolute atomic E-state index is 10.6. The van der Waals surface area contributed by atoms with Gasteiger partial charge >= 0.3 is 12.1 Å². The summed E-state index contributed by atoms with van der Waals surface area (Å²) in [6.07, 6.45) is 0.0316. The van der Waals surface area contributed by atoms with E-state index in [-0.39, 0.29) is 0 Å². The second-order valence-electron chi connectivity index (χ2n) is 3.80. The van der Waals surface area contributed by atoms with Crippen molar-refractivity contribution in [3.8, 4) is 0 Å². The summed E-state index contributed by atoms with van der Waals surface area (Å²) in [7, 11) is 0. The molecular weight excluding hydrogens is 239 g/mol. The Morgan fingerprint density at radius 3 is 2.06 bits per heavy atom. The molecule has 0 saturated heterocycles. The van der Waals surface area contributed by atoms with E-state index < -0.39 is 12.1 Å². The molecule has 0 unspecified atom stereocenters. The van der Waals surface area contributed by atoms with Gasteiger partial charge in [0.15, 0.2) is 0 Å². The first-order chi connectivity index (χ1) is 7.77. The molecule has 1 aliphatic carbocycles. The number of alkyl halides is 3. The van der Waals surface area contributed by atoms with Crippen molar-refractivity contribution in [3.05, 3.63) is 0 Å². The molecule has 102 valence electrons. The number of aliphatic carboxylic acids is 1. The van der Waals surface area contributed by atoms with Crippen molar-refractivity contribution in [2.45, 2.75) is 50.9 Å². The number of hydrogen-bond donors (Lipinski definition) is 2. The van der Waals surface area contributed by atoms with Crippen LogP contribution >= 0.6 is 0 Å². The molecule has 0 heterocycles. The number of ether oxygens (including phenoxy) is 1. The summed E-state index contributed by atoms with van der Waals surface area (Å²) in [6.45, 7) is 2.90. The third-order valence-corrected chi connectivity index (χ3v) is 2.36. The molecule has 3 N–H and O–H groups in total. The van der Waals surface area contributed by atoms with Crippen LogP contribution in [-0.2, 0) is 9.53 Å². The lowest BCUT2D eigenvalue weighted by atomic mass is 9.94. The molecule has 0 amide bonds. The molecule has 0 spiro atoms. The van der Waals surface area contributed by atoms with Crippen molar-refractivity contribution in [2.24, 2.45) is 5.73 Å². The highest BCUT2D eigenvalue weighted by atomic mass is 19.4. The highest BCUT2D eigenvalue weighted by molar-refractivity contribution is 5.73. The smallest absolute Gasteiger partial charge is 0.475 e. The molecule has 0 radical (unpaired) electrons. The third-order valence-electron chi connectivity index (χ3n) is 2.36. The van der Waals surface area contributed by atoms with Gasteiger partial charge in [-0.3, -0.25) is 0 Å². The van der Waals surface area contributed by atoms with Gasteiger partial charge in [-0.25, -0.2) is 4.79 Å². The lowest BCUT2D eigenvalue weighted by molar-refractivity contribution is -0.192. The quantitative estimate of drug-likeness (QED) is 0.792. The van der Waals surface area contributed by atoms with E-state index in [1.54, 1.807) is 0 Å². The van der Waals surface area contributed by atoms with E-state index in [1.165, 1.54) is 0 Å². The Morgan fingerprint density at radius 2 is 1.76 bits per heavy atom. The summed E-state index contributed by atoms with van der Waals surface area (Å²) in [5, 5.41) is 7.12. The maximum atomic E-state index is 10.6. The number of carbonyl (C=O) groups is 1. The second kappa shape index (κ2) is 7.50. The van der Waals surface area contributed by atoms with Gasteiger partial charge < -0.3 is 15.6 Å². The van der Waals surface area contributed by atoms with Gasteiger partial charge in [0, 0.05) is 12.6 Å². The first-order valence-electron chi connectivity index (χ1n) is 5.44. The van der Waals surface area contributed by atoms with Crippen LogP contribution in [0.25, 0.3) is 0 Å². The number of carboxylic acids is 1. The summed E-state index contributed by atoms with van der Waals surface area (Å²) >= 11 is 0. The highest BCUT2D eigenvalue weighted by Gasteiger charge is 2.38. The van der Waals surface area contributed by atoms with Gasteiger partial charge in [-0.05, 0) is 32.6 Å². The summed E-state index contributed by atoms with van der Waals surface area (Å²) in [5.74, 6) is -2.76. The van der Waals surface area contributed by atoms with Gasteiger partial charge in [-0.1, -0.05) is 0 Å². The highest BCUT2D eigenvalue weighted by Crippen LogP contribution is 2.19. The minimum atomic E-state index is -5.08. The van der Waals surface area contributed by atoms with Gasteiger partial charge in [0.2, 0.25) is 0 Å². The number of carboxylic acid groups (broad SMARTS) is 1. The Morgan fingerprint density at radius 1 is 1.35 bits per heavy atom. The number of halogens is 3. The first-order valence-corrected chi connectivity index (χ1v) is 5.44. The topological polar surface area (TPSA) is 72.5 Å². The van der Waals surface area contributed by atoms with Crippen LogP contribution in [0, 0.1) is 0 Å². The van der Waals surface area contributed by atoms with Crippen LogP contribution in [0.2, 0.25) is 0 Å².